The Balaban J connectivity index is 0.000000720. The van der Waals surface area contributed by atoms with Crippen LogP contribution in [0.25, 0.3) is 0 Å². The summed E-state index contributed by atoms with van der Waals surface area (Å²) >= 11 is 0. The molecule has 12 heavy (non-hydrogen) atoms. The zero-order chi connectivity index (χ0) is 7.57. The Morgan fingerprint density at radius 2 is 1.83 bits per heavy atom. The van der Waals surface area contributed by atoms with E-state index in [4.69, 9.17) is 9.47 Å². The van der Waals surface area contributed by atoms with Gasteiger partial charge in [-0.3, -0.25) is 0 Å². The Morgan fingerprint density at radius 3 is 2.42 bits per heavy atom. The predicted molar refractivity (Wildman–Crippen MR) is 48.9 cm³/mol. The number of rotatable bonds is 0. The lowest BCUT2D eigenvalue weighted by Crippen LogP contribution is -2.50. The average molecular weight is 194 g/mol. The summed E-state index contributed by atoms with van der Waals surface area (Å²) in [6, 6.07) is 0. The molecule has 0 amide bonds. The zero-order valence-electron chi connectivity index (χ0n) is 7.17. The fourth-order valence-corrected chi connectivity index (χ4v) is 1.79. The molecule has 0 aromatic heterocycles. The molecule has 0 aliphatic carbocycles. The van der Waals surface area contributed by atoms with Crippen LogP contribution in [-0.2, 0) is 9.47 Å². The SMILES string of the molecule is C1CC2(CCN1)COCCO2.Cl. The Bertz CT molecular complexity index is 112. The minimum atomic E-state index is 0. The predicted octanol–water partition coefficient (Wildman–Crippen LogP) is 0.577. The lowest BCUT2D eigenvalue weighted by molar-refractivity contribution is -0.167. The first kappa shape index (κ1) is 10.3. The molecule has 2 aliphatic heterocycles. The molecule has 0 saturated carbocycles. The summed E-state index contributed by atoms with van der Waals surface area (Å²) in [6.07, 6.45) is 2.21. The second kappa shape index (κ2) is 4.42. The van der Waals surface area contributed by atoms with E-state index in [0.717, 1.165) is 45.8 Å². The van der Waals surface area contributed by atoms with Crippen LogP contribution in [0.15, 0.2) is 0 Å². The van der Waals surface area contributed by atoms with Crippen LogP contribution in [0.3, 0.4) is 0 Å². The lowest BCUT2D eigenvalue weighted by Gasteiger charge is -2.40. The third-order valence-corrected chi connectivity index (χ3v) is 2.52. The van der Waals surface area contributed by atoms with Gasteiger partial charge < -0.3 is 14.8 Å². The quantitative estimate of drug-likeness (QED) is 0.611. The van der Waals surface area contributed by atoms with Crippen molar-refractivity contribution in [3.05, 3.63) is 0 Å². The molecule has 2 fully saturated rings. The first-order chi connectivity index (χ1) is 5.41. The summed E-state index contributed by atoms with van der Waals surface area (Å²) < 4.78 is 11.2. The maximum atomic E-state index is 5.74. The first-order valence-electron chi connectivity index (χ1n) is 4.34. The summed E-state index contributed by atoms with van der Waals surface area (Å²) in [6.45, 7) is 4.50. The van der Waals surface area contributed by atoms with E-state index < -0.39 is 0 Å². The van der Waals surface area contributed by atoms with E-state index in [1.54, 1.807) is 0 Å². The van der Waals surface area contributed by atoms with Crippen molar-refractivity contribution < 1.29 is 9.47 Å². The van der Waals surface area contributed by atoms with E-state index in [1.807, 2.05) is 0 Å². The largest absolute Gasteiger partial charge is 0.376 e. The molecule has 4 heteroatoms. The molecule has 0 aromatic carbocycles. The van der Waals surface area contributed by atoms with Crippen molar-refractivity contribution in [1.82, 2.24) is 5.32 Å². The molecular formula is C8H16ClNO2. The van der Waals surface area contributed by atoms with Crippen LogP contribution in [0.5, 0.6) is 0 Å². The third-order valence-electron chi connectivity index (χ3n) is 2.52. The van der Waals surface area contributed by atoms with E-state index in [-0.39, 0.29) is 18.0 Å². The van der Waals surface area contributed by atoms with Crippen LogP contribution in [-0.4, -0.2) is 38.5 Å². The highest BCUT2D eigenvalue weighted by Crippen LogP contribution is 2.25. The highest BCUT2D eigenvalue weighted by atomic mass is 35.5. The van der Waals surface area contributed by atoms with Gasteiger partial charge in [0, 0.05) is 0 Å². The van der Waals surface area contributed by atoms with Crippen molar-refractivity contribution >= 4 is 12.4 Å². The van der Waals surface area contributed by atoms with Crippen LogP contribution >= 0.6 is 12.4 Å². The highest BCUT2D eigenvalue weighted by molar-refractivity contribution is 5.85. The van der Waals surface area contributed by atoms with Crippen LogP contribution in [0.4, 0.5) is 0 Å². The van der Waals surface area contributed by atoms with Gasteiger partial charge in [-0.05, 0) is 25.9 Å². The Morgan fingerprint density at radius 1 is 1.08 bits per heavy atom. The Kier molecular flexibility index (Phi) is 3.77. The standard InChI is InChI=1S/C8H15NO2.ClH/c1-3-9-4-2-8(1)7-10-5-6-11-8;/h9H,1-7H2;1H. The molecule has 2 aliphatic rings. The van der Waals surface area contributed by atoms with Gasteiger partial charge in [-0.25, -0.2) is 0 Å². The van der Waals surface area contributed by atoms with Gasteiger partial charge in [0.2, 0.25) is 0 Å². The summed E-state index contributed by atoms with van der Waals surface area (Å²) in [5.74, 6) is 0. The van der Waals surface area contributed by atoms with E-state index in [1.165, 1.54) is 0 Å². The van der Waals surface area contributed by atoms with Gasteiger partial charge in [-0.2, -0.15) is 0 Å². The monoisotopic (exact) mass is 193 g/mol. The molecule has 0 bridgehead atoms. The van der Waals surface area contributed by atoms with Gasteiger partial charge in [0.05, 0.1) is 25.4 Å². The van der Waals surface area contributed by atoms with E-state index in [9.17, 15) is 0 Å². The smallest absolute Gasteiger partial charge is 0.0940 e. The van der Waals surface area contributed by atoms with Crippen molar-refractivity contribution in [2.24, 2.45) is 0 Å². The number of hydrogen-bond donors (Lipinski definition) is 1. The molecule has 72 valence electrons. The van der Waals surface area contributed by atoms with Crippen LogP contribution in [0.1, 0.15) is 12.8 Å². The summed E-state index contributed by atoms with van der Waals surface area (Å²) in [5, 5.41) is 3.32. The summed E-state index contributed by atoms with van der Waals surface area (Å²) in [4.78, 5) is 0. The normalized spacial score (nSPS) is 28.0. The topological polar surface area (TPSA) is 30.5 Å². The van der Waals surface area contributed by atoms with Gasteiger partial charge in [-0.1, -0.05) is 0 Å². The summed E-state index contributed by atoms with van der Waals surface area (Å²) in [7, 11) is 0. The van der Waals surface area contributed by atoms with Crippen molar-refractivity contribution in [3.8, 4) is 0 Å². The first-order valence-corrected chi connectivity index (χ1v) is 4.34. The van der Waals surface area contributed by atoms with Gasteiger partial charge in [0.1, 0.15) is 0 Å². The van der Waals surface area contributed by atoms with E-state index in [2.05, 4.69) is 5.32 Å². The fourth-order valence-electron chi connectivity index (χ4n) is 1.79. The maximum Gasteiger partial charge on any atom is 0.0940 e. The van der Waals surface area contributed by atoms with Gasteiger partial charge in [-0.15, -0.1) is 12.4 Å². The van der Waals surface area contributed by atoms with Gasteiger partial charge >= 0.3 is 0 Å². The molecule has 0 atom stereocenters. The third kappa shape index (κ3) is 2.10. The molecule has 2 rings (SSSR count). The number of ether oxygens (including phenoxy) is 2. The molecule has 1 N–H and O–H groups in total. The average Bonchev–Trinajstić information content (AvgIpc) is 2.07. The molecule has 0 aromatic rings. The molecule has 1 spiro atoms. The van der Waals surface area contributed by atoms with Crippen molar-refractivity contribution in [3.63, 3.8) is 0 Å². The number of hydrogen-bond acceptors (Lipinski definition) is 3. The molecule has 0 radical (unpaired) electrons. The second-order valence-corrected chi connectivity index (χ2v) is 3.33. The van der Waals surface area contributed by atoms with E-state index in [0.29, 0.717) is 0 Å². The minimum absolute atomic E-state index is 0. The number of halogens is 1. The molecule has 2 saturated heterocycles. The minimum Gasteiger partial charge on any atom is -0.376 e. The van der Waals surface area contributed by atoms with Crippen molar-refractivity contribution in [2.75, 3.05) is 32.9 Å². The Hall–Kier alpha value is 0.170. The number of piperidine rings is 1. The molecule has 3 nitrogen and oxygen atoms in total. The van der Waals surface area contributed by atoms with Crippen LogP contribution < -0.4 is 5.32 Å². The lowest BCUT2D eigenvalue weighted by atomic mass is 9.92. The second-order valence-electron chi connectivity index (χ2n) is 3.33. The van der Waals surface area contributed by atoms with Crippen LogP contribution in [0, 0.1) is 0 Å². The van der Waals surface area contributed by atoms with Gasteiger partial charge in [0.15, 0.2) is 0 Å². The van der Waals surface area contributed by atoms with Gasteiger partial charge in [0.25, 0.3) is 0 Å². The van der Waals surface area contributed by atoms with Crippen LogP contribution in [0.2, 0.25) is 0 Å². The Labute approximate surface area is 79.2 Å². The summed E-state index contributed by atoms with van der Waals surface area (Å²) in [5.41, 5.74) is 0.0729. The zero-order valence-corrected chi connectivity index (χ0v) is 7.99. The maximum absolute atomic E-state index is 5.74. The van der Waals surface area contributed by atoms with Crippen molar-refractivity contribution in [1.29, 1.82) is 0 Å². The molecule has 0 unspecified atom stereocenters. The molecular weight excluding hydrogens is 178 g/mol. The molecule has 2 heterocycles. The van der Waals surface area contributed by atoms with E-state index >= 15 is 0 Å². The fraction of sp³-hybridized carbons (Fsp3) is 1.00. The highest BCUT2D eigenvalue weighted by Gasteiger charge is 2.35. The van der Waals surface area contributed by atoms with Crippen molar-refractivity contribution in [2.45, 2.75) is 18.4 Å². The number of nitrogens with one attached hydrogen (secondary N) is 1.